The van der Waals surface area contributed by atoms with Crippen LogP contribution in [0.5, 0.6) is 5.75 Å². The average Bonchev–Trinajstić information content (AvgIpc) is 2.41. The van der Waals surface area contributed by atoms with Crippen LogP contribution in [-0.4, -0.2) is 15.1 Å². The van der Waals surface area contributed by atoms with Gasteiger partial charge in [0.15, 0.2) is 0 Å². The number of benzene rings is 2. The van der Waals surface area contributed by atoms with Crippen LogP contribution in [0, 0.1) is 0 Å². The van der Waals surface area contributed by atoms with Crippen molar-refractivity contribution in [1.82, 2.24) is 9.97 Å². The fourth-order valence-electron chi connectivity index (χ4n) is 1.74. The normalized spacial score (nSPS) is 10.6. The van der Waals surface area contributed by atoms with Gasteiger partial charge in [-0.15, -0.1) is 0 Å². The maximum absolute atomic E-state index is 9.22. The van der Waals surface area contributed by atoms with Crippen molar-refractivity contribution in [3.05, 3.63) is 53.7 Å². The van der Waals surface area contributed by atoms with Gasteiger partial charge in [0.1, 0.15) is 11.6 Å². The molecule has 2 N–H and O–H groups in total. The first kappa shape index (κ1) is 11.7. The molecule has 0 spiro atoms. The highest BCUT2D eigenvalue weighted by atomic mass is 35.5. The molecule has 94 valence electrons. The molecule has 0 fully saturated rings. The lowest BCUT2D eigenvalue weighted by atomic mass is 10.3. The molecule has 0 aliphatic heterocycles. The Morgan fingerprint density at radius 1 is 1.00 bits per heavy atom. The van der Waals surface area contributed by atoms with E-state index >= 15 is 0 Å². The van der Waals surface area contributed by atoms with Gasteiger partial charge in [-0.05, 0) is 42.5 Å². The Kier molecular flexibility index (Phi) is 2.93. The third kappa shape index (κ3) is 2.58. The third-order valence-electron chi connectivity index (χ3n) is 2.64. The summed E-state index contributed by atoms with van der Waals surface area (Å²) < 4.78 is 0. The summed E-state index contributed by atoms with van der Waals surface area (Å²) in [4.78, 5) is 8.74. The number of hydrogen-bond acceptors (Lipinski definition) is 4. The number of aromatic hydroxyl groups is 1. The van der Waals surface area contributed by atoms with Gasteiger partial charge in [-0.2, -0.15) is 0 Å². The molecule has 0 radical (unpaired) electrons. The topological polar surface area (TPSA) is 58.0 Å². The molecule has 0 aliphatic carbocycles. The maximum Gasteiger partial charge on any atom is 0.149 e. The molecule has 1 aromatic heterocycles. The second-order valence-electron chi connectivity index (χ2n) is 4.06. The summed E-state index contributed by atoms with van der Waals surface area (Å²) in [5.41, 5.74) is 2.35. The predicted molar refractivity (Wildman–Crippen MR) is 75.9 cm³/mol. The molecule has 3 rings (SSSR count). The van der Waals surface area contributed by atoms with E-state index in [0.29, 0.717) is 10.8 Å². The van der Waals surface area contributed by atoms with Crippen LogP contribution in [0.25, 0.3) is 11.0 Å². The van der Waals surface area contributed by atoms with Crippen LogP contribution in [0.1, 0.15) is 0 Å². The lowest BCUT2D eigenvalue weighted by Gasteiger charge is -2.06. The van der Waals surface area contributed by atoms with Gasteiger partial charge in [0, 0.05) is 10.7 Å². The molecule has 0 saturated heterocycles. The van der Waals surface area contributed by atoms with Crippen LogP contribution in [-0.2, 0) is 0 Å². The minimum Gasteiger partial charge on any atom is -0.508 e. The fourth-order valence-corrected chi connectivity index (χ4v) is 1.90. The number of nitrogens with one attached hydrogen (secondary N) is 1. The molecule has 19 heavy (non-hydrogen) atoms. The number of fused-ring (bicyclic) bond motifs is 1. The zero-order chi connectivity index (χ0) is 13.2. The smallest absolute Gasteiger partial charge is 0.149 e. The minimum absolute atomic E-state index is 0.224. The Balaban J connectivity index is 1.94. The number of anilines is 2. The van der Waals surface area contributed by atoms with Gasteiger partial charge < -0.3 is 10.4 Å². The number of halogens is 1. The van der Waals surface area contributed by atoms with E-state index in [0.717, 1.165) is 16.7 Å². The van der Waals surface area contributed by atoms with Gasteiger partial charge in [-0.1, -0.05) is 11.6 Å². The third-order valence-corrected chi connectivity index (χ3v) is 2.88. The van der Waals surface area contributed by atoms with E-state index in [1.165, 1.54) is 0 Å². The molecule has 1 heterocycles. The van der Waals surface area contributed by atoms with Gasteiger partial charge in [0.25, 0.3) is 0 Å². The Labute approximate surface area is 114 Å². The van der Waals surface area contributed by atoms with Crippen molar-refractivity contribution in [2.75, 3.05) is 5.32 Å². The molecule has 4 nitrogen and oxygen atoms in total. The van der Waals surface area contributed by atoms with Crippen molar-refractivity contribution in [3.8, 4) is 5.75 Å². The Morgan fingerprint density at radius 2 is 1.79 bits per heavy atom. The lowest BCUT2D eigenvalue weighted by Crippen LogP contribution is -1.95. The summed E-state index contributed by atoms with van der Waals surface area (Å²) in [5, 5.41) is 13.0. The highest BCUT2D eigenvalue weighted by Crippen LogP contribution is 2.21. The van der Waals surface area contributed by atoms with Gasteiger partial charge in [0.2, 0.25) is 0 Å². The van der Waals surface area contributed by atoms with Crippen molar-refractivity contribution in [1.29, 1.82) is 0 Å². The van der Waals surface area contributed by atoms with Gasteiger partial charge in [0.05, 0.1) is 17.2 Å². The number of phenolic OH excluding ortho intramolecular Hbond substituents is 1. The highest BCUT2D eigenvalue weighted by molar-refractivity contribution is 6.31. The molecular weight excluding hydrogens is 262 g/mol. The summed E-state index contributed by atoms with van der Waals surface area (Å²) in [6, 6.07) is 12.1. The van der Waals surface area contributed by atoms with E-state index in [1.54, 1.807) is 42.6 Å². The summed E-state index contributed by atoms with van der Waals surface area (Å²) in [6.07, 6.45) is 1.66. The molecule has 0 aliphatic rings. The summed E-state index contributed by atoms with van der Waals surface area (Å²) in [7, 11) is 0. The zero-order valence-corrected chi connectivity index (χ0v) is 10.6. The van der Waals surface area contributed by atoms with E-state index in [2.05, 4.69) is 15.3 Å². The van der Waals surface area contributed by atoms with Gasteiger partial charge in [-0.25, -0.2) is 4.98 Å². The Morgan fingerprint density at radius 3 is 2.58 bits per heavy atom. The van der Waals surface area contributed by atoms with E-state index in [1.807, 2.05) is 6.07 Å². The molecule has 0 unspecified atom stereocenters. The molecular formula is C14H10ClN3O. The van der Waals surface area contributed by atoms with Crippen molar-refractivity contribution in [2.45, 2.75) is 0 Å². The molecule has 0 atom stereocenters. The fraction of sp³-hybridized carbons (Fsp3) is 0. The van der Waals surface area contributed by atoms with Crippen molar-refractivity contribution >= 4 is 34.1 Å². The van der Waals surface area contributed by atoms with E-state index in [4.69, 9.17) is 11.6 Å². The first-order valence-electron chi connectivity index (χ1n) is 5.69. The van der Waals surface area contributed by atoms with Gasteiger partial charge in [-0.3, -0.25) is 4.98 Å². The first-order chi connectivity index (χ1) is 9.20. The van der Waals surface area contributed by atoms with Crippen molar-refractivity contribution in [2.24, 2.45) is 0 Å². The van der Waals surface area contributed by atoms with E-state index in [9.17, 15) is 5.11 Å². The Hall–Kier alpha value is -2.33. The van der Waals surface area contributed by atoms with Crippen LogP contribution >= 0.6 is 11.6 Å². The molecule has 0 saturated carbocycles. The number of phenols is 1. The van der Waals surface area contributed by atoms with Crippen molar-refractivity contribution in [3.63, 3.8) is 0 Å². The quantitative estimate of drug-likeness (QED) is 0.697. The van der Waals surface area contributed by atoms with E-state index < -0.39 is 0 Å². The summed E-state index contributed by atoms with van der Waals surface area (Å²) >= 11 is 5.93. The SMILES string of the molecule is Oc1ccc(Nc2cnc3ccc(Cl)cc3n2)cc1. The monoisotopic (exact) mass is 271 g/mol. The Bertz CT molecular complexity index is 728. The second kappa shape index (κ2) is 4.74. The van der Waals surface area contributed by atoms with Crippen LogP contribution in [0.3, 0.4) is 0 Å². The molecule has 2 aromatic carbocycles. The van der Waals surface area contributed by atoms with Crippen LogP contribution < -0.4 is 5.32 Å². The second-order valence-corrected chi connectivity index (χ2v) is 4.50. The molecule has 0 amide bonds. The number of nitrogens with zero attached hydrogens (tertiary/aromatic N) is 2. The molecule has 3 aromatic rings. The number of aromatic nitrogens is 2. The van der Waals surface area contributed by atoms with E-state index in [-0.39, 0.29) is 5.75 Å². The van der Waals surface area contributed by atoms with Crippen LogP contribution in [0.2, 0.25) is 5.02 Å². The zero-order valence-electron chi connectivity index (χ0n) is 9.84. The van der Waals surface area contributed by atoms with Crippen LogP contribution in [0.4, 0.5) is 11.5 Å². The molecule has 5 heteroatoms. The van der Waals surface area contributed by atoms with Crippen molar-refractivity contribution < 1.29 is 5.11 Å². The standard InChI is InChI=1S/C14H10ClN3O/c15-9-1-6-12-13(7-9)18-14(8-16-12)17-10-2-4-11(19)5-3-10/h1-8,19H,(H,17,18). The maximum atomic E-state index is 9.22. The highest BCUT2D eigenvalue weighted by Gasteiger charge is 2.01. The average molecular weight is 272 g/mol. The van der Waals surface area contributed by atoms with Crippen LogP contribution in [0.15, 0.2) is 48.7 Å². The van der Waals surface area contributed by atoms with Gasteiger partial charge >= 0.3 is 0 Å². The first-order valence-corrected chi connectivity index (χ1v) is 6.07. The minimum atomic E-state index is 0.224. The predicted octanol–water partition coefficient (Wildman–Crippen LogP) is 3.73. The largest absolute Gasteiger partial charge is 0.508 e. The summed E-state index contributed by atoms with van der Waals surface area (Å²) in [5.74, 6) is 0.849. The molecule has 0 bridgehead atoms. The number of hydrogen-bond donors (Lipinski definition) is 2. The summed E-state index contributed by atoms with van der Waals surface area (Å²) in [6.45, 7) is 0. The lowest BCUT2D eigenvalue weighted by molar-refractivity contribution is 0.475. The number of rotatable bonds is 2.